The zero-order chi connectivity index (χ0) is 24.4. The summed E-state index contributed by atoms with van der Waals surface area (Å²) < 4.78 is 5.53. The maximum absolute atomic E-state index is 13.4. The van der Waals surface area contributed by atoms with Crippen LogP contribution in [0.15, 0.2) is 24.3 Å². The van der Waals surface area contributed by atoms with E-state index in [1.165, 1.54) is 0 Å². The number of piperazine rings is 1. The number of amides is 2. The van der Waals surface area contributed by atoms with Crippen molar-refractivity contribution < 1.29 is 19.1 Å². The van der Waals surface area contributed by atoms with Crippen molar-refractivity contribution >= 4 is 23.3 Å². The van der Waals surface area contributed by atoms with Gasteiger partial charge in [-0.15, -0.1) is 0 Å². The molecule has 3 fully saturated rings. The third kappa shape index (κ3) is 4.98. The topological polar surface area (TPSA) is 82.2 Å². The summed E-state index contributed by atoms with van der Waals surface area (Å²) in [7, 11) is 0. The Kier molecular flexibility index (Phi) is 7.57. The Morgan fingerprint density at radius 3 is 2.35 bits per heavy atom. The van der Waals surface area contributed by atoms with Gasteiger partial charge in [-0.05, 0) is 50.5 Å². The standard InChI is InChI=1S/C26H38N4O4/c1-5-18(4)23(26(33)30-11-10-22-24(30)21(31)16-34-22)27-25(32)19-6-8-20(9-7-19)29-14-12-28(13-15-29)17(2)3/h6-9,17-18,22-24H,5,10-16H2,1-4H3,(H,27,32)/t18-,22+,23-,24+/m0/s1. The number of carbonyl (C=O) groups excluding carboxylic acids is 3. The van der Waals surface area contributed by atoms with Crippen molar-refractivity contribution in [3.63, 3.8) is 0 Å². The lowest BCUT2D eigenvalue weighted by Gasteiger charge is -2.38. The Bertz CT molecular complexity index is 895. The van der Waals surface area contributed by atoms with E-state index in [0.29, 0.717) is 24.6 Å². The first-order valence-electron chi connectivity index (χ1n) is 12.6. The summed E-state index contributed by atoms with van der Waals surface area (Å²) in [6.45, 7) is 13.0. The summed E-state index contributed by atoms with van der Waals surface area (Å²) in [5.74, 6) is -0.549. The number of Topliss-reactive ketones (excluding diaryl/α,β-unsaturated/α-hetero) is 1. The molecule has 1 aromatic rings. The van der Waals surface area contributed by atoms with E-state index in [1.807, 2.05) is 38.1 Å². The number of rotatable bonds is 7. The number of nitrogens with zero attached hydrogens (tertiary/aromatic N) is 3. The van der Waals surface area contributed by atoms with Crippen molar-refractivity contribution in [1.29, 1.82) is 0 Å². The fraction of sp³-hybridized carbons (Fsp3) is 0.654. The average Bonchev–Trinajstić information content (AvgIpc) is 3.44. The van der Waals surface area contributed by atoms with Gasteiger partial charge in [-0.1, -0.05) is 20.3 Å². The fourth-order valence-electron chi connectivity index (χ4n) is 5.25. The minimum atomic E-state index is -0.673. The number of hydrogen-bond acceptors (Lipinski definition) is 6. The molecule has 34 heavy (non-hydrogen) atoms. The average molecular weight is 471 g/mol. The Hall–Kier alpha value is -2.45. The van der Waals surface area contributed by atoms with Crippen LogP contribution >= 0.6 is 0 Å². The van der Waals surface area contributed by atoms with Crippen LogP contribution in [0.2, 0.25) is 0 Å². The molecule has 1 N–H and O–H groups in total. The van der Waals surface area contributed by atoms with Crippen molar-refractivity contribution in [1.82, 2.24) is 15.1 Å². The van der Waals surface area contributed by atoms with Crippen molar-refractivity contribution in [2.75, 3.05) is 44.2 Å². The summed E-state index contributed by atoms with van der Waals surface area (Å²) >= 11 is 0. The Morgan fingerprint density at radius 2 is 1.74 bits per heavy atom. The molecule has 0 aromatic heterocycles. The fourth-order valence-corrected chi connectivity index (χ4v) is 5.25. The molecule has 1 aromatic carbocycles. The smallest absolute Gasteiger partial charge is 0.251 e. The van der Waals surface area contributed by atoms with E-state index in [1.54, 1.807) is 4.90 Å². The minimum absolute atomic E-state index is 0.0464. The number of nitrogens with one attached hydrogen (secondary N) is 1. The van der Waals surface area contributed by atoms with E-state index in [0.717, 1.165) is 38.3 Å². The third-order valence-corrected chi connectivity index (χ3v) is 7.70. The molecule has 4 atom stereocenters. The molecule has 3 aliphatic heterocycles. The molecule has 3 heterocycles. The first kappa shape index (κ1) is 24.7. The van der Waals surface area contributed by atoms with Gasteiger partial charge in [0.1, 0.15) is 18.7 Å². The zero-order valence-electron chi connectivity index (χ0n) is 20.8. The van der Waals surface area contributed by atoms with E-state index in [2.05, 4.69) is 29.0 Å². The first-order chi connectivity index (χ1) is 16.3. The van der Waals surface area contributed by atoms with Crippen LogP contribution in [0, 0.1) is 5.92 Å². The summed E-state index contributed by atoms with van der Waals surface area (Å²) in [6, 6.07) is 7.01. The maximum atomic E-state index is 13.4. The summed E-state index contributed by atoms with van der Waals surface area (Å²) in [4.78, 5) is 45.2. The second-order valence-electron chi connectivity index (χ2n) is 10.1. The van der Waals surface area contributed by atoms with Crippen LogP contribution in [0.25, 0.3) is 0 Å². The molecule has 0 radical (unpaired) electrons. The Labute approximate surface area is 202 Å². The van der Waals surface area contributed by atoms with Crippen LogP contribution in [-0.2, 0) is 14.3 Å². The highest BCUT2D eigenvalue weighted by molar-refractivity contribution is 5.99. The highest BCUT2D eigenvalue weighted by Gasteiger charge is 2.48. The number of ketones is 1. The molecule has 8 heteroatoms. The van der Waals surface area contributed by atoms with Crippen LogP contribution in [0.5, 0.6) is 0 Å². The van der Waals surface area contributed by atoms with Gasteiger partial charge < -0.3 is 19.9 Å². The van der Waals surface area contributed by atoms with Crippen LogP contribution in [-0.4, -0.2) is 91.0 Å². The monoisotopic (exact) mass is 470 g/mol. The van der Waals surface area contributed by atoms with Crippen molar-refractivity contribution in [2.45, 2.75) is 64.8 Å². The van der Waals surface area contributed by atoms with Crippen LogP contribution in [0.1, 0.15) is 50.9 Å². The molecule has 0 saturated carbocycles. The largest absolute Gasteiger partial charge is 0.369 e. The first-order valence-corrected chi connectivity index (χ1v) is 12.6. The quantitative estimate of drug-likeness (QED) is 0.656. The van der Waals surface area contributed by atoms with Gasteiger partial charge in [0.05, 0.1) is 6.10 Å². The molecule has 2 amide bonds. The molecule has 3 aliphatic rings. The van der Waals surface area contributed by atoms with E-state index >= 15 is 0 Å². The minimum Gasteiger partial charge on any atom is -0.369 e. The highest BCUT2D eigenvalue weighted by Crippen LogP contribution is 2.28. The molecule has 0 spiro atoms. The molecular weight excluding hydrogens is 432 g/mol. The number of ether oxygens (including phenoxy) is 1. The van der Waals surface area contributed by atoms with Crippen molar-refractivity contribution in [2.24, 2.45) is 5.92 Å². The van der Waals surface area contributed by atoms with Gasteiger partial charge in [-0.3, -0.25) is 19.3 Å². The van der Waals surface area contributed by atoms with E-state index in [9.17, 15) is 14.4 Å². The molecule has 3 saturated heterocycles. The third-order valence-electron chi connectivity index (χ3n) is 7.70. The molecule has 8 nitrogen and oxygen atoms in total. The molecular formula is C26H38N4O4. The lowest BCUT2D eigenvalue weighted by molar-refractivity contribution is -0.139. The number of anilines is 1. The second-order valence-corrected chi connectivity index (χ2v) is 10.1. The second kappa shape index (κ2) is 10.4. The number of carbonyl (C=O) groups is 3. The molecule has 4 rings (SSSR count). The lowest BCUT2D eigenvalue weighted by atomic mass is 9.96. The van der Waals surface area contributed by atoms with Gasteiger partial charge in [-0.25, -0.2) is 0 Å². The maximum Gasteiger partial charge on any atom is 0.251 e. The predicted molar refractivity (Wildman–Crippen MR) is 131 cm³/mol. The zero-order valence-corrected chi connectivity index (χ0v) is 20.8. The SMILES string of the molecule is CC[C@H](C)[C@H](NC(=O)c1ccc(N2CCN(C(C)C)CC2)cc1)C(=O)N1CC[C@H]2OCC(=O)[C@H]21. The lowest BCUT2D eigenvalue weighted by Crippen LogP contribution is -2.54. The normalized spacial score (nSPS) is 24.9. The van der Waals surface area contributed by atoms with Gasteiger partial charge in [0.15, 0.2) is 5.78 Å². The Balaban J connectivity index is 1.41. The number of hydrogen-bond donors (Lipinski definition) is 1. The van der Waals surface area contributed by atoms with Crippen molar-refractivity contribution in [3.8, 4) is 0 Å². The molecule has 0 unspecified atom stereocenters. The molecule has 186 valence electrons. The summed E-state index contributed by atoms with van der Waals surface area (Å²) in [5, 5.41) is 2.97. The van der Waals surface area contributed by atoms with Gasteiger partial charge in [0, 0.05) is 50.0 Å². The summed E-state index contributed by atoms with van der Waals surface area (Å²) in [5.41, 5.74) is 1.64. The van der Waals surface area contributed by atoms with Gasteiger partial charge in [0.2, 0.25) is 5.91 Å². The number of benzene rings is 1. The van der Waals surface area contributed by atoms with Gasteiger partial charge in [0.25, 0.3) is 5.91 Å². The summed E-state index contributed by atoms with van der Waals surface area (Å²) in [6.07, 6.45) is 1.19. The Morgan fingerprint density at radius 1 is 1.06 bits per heavy atom. The number of fused-ring (bicyclic) bond motifs is 1. The van der Waals surface area contributed by atoms with Gasteiger partial charge >= 0.3 is 0 Å². The molecule has 0 bridgehead atoms. The molecule has 0 aliphatic carbocycles. The predicted octanol–water partition coefficient (Wildman–Crippen LogP) is 1.93. The highest BCUT2D eigenvalue weighted by atomic mass is 16.5. The number of likely N-dealkylation sites (tertiary alicyclic amines) is 1. The van der Waals surface area contributed by atoms with E-state index in [-0.39, 0.29) is 36.2 Å². The van der Waals surface area contributed by atoms with Crippen LogP contribution in [0.3, 0.4) is 0 Å². The van der Waals surface area contributed by atoms with Crippen molar-refractivity contribution in [3.05, 3.63) is 29.8 Å². The van der Waals surface area contributed by atoms with Gasteiger partial charge in [-0.2, -0.15) is 0 Å². The van der Waals surface area contributed by atoms with Crippen LogP contribution in [0.4, 0.5) is 5.69 Å². The van der Waals surface area contributed by atoms with E-state index < -0.39 is 12.1 Å². The van der Waals surface area contributed by atoms with E-state index in [4.69, 9.17) is 4.74 Å². The van der Waals surface area contributed by atoms with Crippen LogP contribution < -0.4 is 10.2 Å².